The minimum atomic E-state index is -0.619. The number of carbonyl (C=O) groups is 4. The van der Waals surface area contributed by atoms with E-state index in [1.165, 1.54) is 17.0 Å². The Hall–Kier alpha value is -5.07. The summed E-state index contributed by atoms with van der Waals surface area (Å²) in [5.74, 6) is -0.637. The van der Waals surface area contributed by atoms with Gasteiger partial charge in [0.15, 0.2) is 11.6 Å². The number of aldehydes is 2. The van der Waals surface area contributed by atoms with Crippen LogP contribution in [0.15, 0.2) is 35.5 Å². The van der Waals surface area contributed by atoms with Crippen molar-refractivity contribution in [3.63, 3.8) is 0 Å². The van der Waals surface area contributed by atoms with E-state index in [4.69, 9.17) is 4.79 Å². The lowest BCUT2D eigenvalue weighted by Crippen LogP contribution is -2.58. The van der Waals surface area contributed by atoms with Crippen molar-refractivity contribution in [1.82, 2.24) is 29.4 Å². The summed E-state index contributed by atoms with van der Waals surface area (Å²) >= 11 is 1.93. The molecule has 14 nitrogen and oxygen atoms in total. The minimum absolute atomic E-state index is 0.0413. The zero-order chi connectivity index (χ0) is 46.2. The second-order valence-corrected chi connectivity index (χ2v) is 17.7. The van der Waals surface area contributed by atoms with Crippen LogP contribution in [-0.4, -0.2) is 146 Å². The Kier molecular flexibility index (Phi) is 19.8. The largest absolute Gasteiger partial charge is 0.368 e. The van der Waals surface area contributed by atoms with Crippen LogP contribution in [0.1, 0.15) is 69.3 Å². The van der Waals surface area contributed by atoms with Gasteiger partial charge in [0.25, 0.3) is 0 Å². The van der Waals surface area contributed by atoms with E-state index in [1.807, 2.05) is 49.4 Å². The van der Waals surface area contributed by atoms with E-state index in [9.17, 15) is 18.8 Å². The molecule has 3 aliphatic heterocycles. The molecule has 0 saturated carbocycles. The predicted molar refractivity (Wildman–Crippen MR) is 247 cm³/mol. The number of likely N-dealkylation sites (N-methyl/N-ethyl adjacent to an activating group) is 1. The third-order valence-corrected chi connectivity index (χ3v) is 12.6. The first-order chi connectivity index (χ1) is 30.2. The Morgan fingerprint density at radius 3 is 2.24 bits per heavy atom. The van der Waals surface area contributed by atoms with Gasteiger partial charge in [0.05, 0.1) is 23.6 Å². The molecule has 3 aliphatic rings. The van der Waals surface area contributed by atoms with E-state index in [-0.39, 0.29) is 35.3 Å². The number of aromatic nitrogens is 2. The van der Waals surface area contributed by atoms with Gasteiger partial charge in [0, 0.05) is 101 Å². The molecule has 1 aromatic heterocycles. The van der Waals surface area contributed by atoms with Gasteiger partial charge >= 0.3 is 0 Å². The second kappa shape index (κ2) is 24.7. The minimum Gasteiger partial charge on any atom is -0.368 e. The third-order valence-electron chi connectivity index (χ3n) is 11.3. The fourth-order valence-electron chi connectivity index (χ4n) is 7.82. The van der Waals surface area contributed by atoms with Crippen LogP contribution in [0.5, 0.6) is 0 Å². The Morgan fingerprint density at radius 2 is 1.68 bits per heavy atom. The molecule has 2 aromatic carbocycles. The third kappa shape index (κ3) is 13.7. The fourth-order valence-corrected chi connectivity index (χ4v) is 9.22. The molecule has 4 heterocycles. The normalized spacial score (nSPS) is 16.3. The van der Waals surface area contributed by atoms with Crippen molar-refractivity contribution in [2.75, 3.05) is 81.6 Å². The van der Waals surface area contributed by atoms with Crippen molar-refractivity contribution in [1.29, 1.82) is 0 Å². The van der Waals surface area contributed by atoms with Crippen LogP contribution in [0.25, 0.3) is 11.3 Å². The zero-order valence-electron chi connectivity index (χ0n) is 37.5. The topological polar surface area (TPSA) is 147 Å². The summed E-state index contributed by atoms with van der Waals surface area (Å²) < 4.78 is 47.1. The average Bonchev–Trinajstić information content (AvgIpc) is 3.24. The summed E-state index contributed by atoms with van der Waals surface area (Å²) in [7, 11) is 3.18. The first-order valence-electron chi connectivity index (χ1n) is 21.5. The van der Waals surface area contributed by atoms with Crippen LogP contribution in [0.4, 0.5) is 36.2 Å². The van der Waals surface area contributed by atoms with Crippen LogP contribution in [0.2, 0.25) is 0 Å². The van der Waals surface area contributed by atoms with Gasteiger partial charge in [-0.2, -0.15) is 0 Å². The number of rotatable bonds is 19. The Labute approximate surface area is 374 Å². The monoisotopic (exact) mass is 896 g/mol. The first kappa shape index (κ1) is 50.6. The van der Waals surface area contributed by atoms with Gasteiger partial charge in [0.1, 0.15) is 29.8 Å². The number of nitrogens with zero attached hydrogens (tertiary/aromatic N) is 8. The summed E-state index contributed by atoms with van der Waals surface area (Å²) in [6.07, 6.45) is 7.50. The number of benzene rings is 2. The van der Waals surface area contributed by atoms with Crippen LogP contribution in [-0.2, 0) is 14.4 Å². The number of carbonyl (C=O) groups excluding carboxylic acids is 4. The van der Waals surface area contributed by atoms with Crippen molar-refractivity contribution < 1.29 is 32.3 Å². The molecular weight excluding hydrogens is 834 g/mol. The van der Waals surface area contributed by atoms with Crippen molar-refractivity contribution in [3.8, 4) is 11.3 Å². The molecule has 0 bridgehead atoms. The fraction of sp³-hybridized carbons (Fsp3) is 0.533. The highest BCUT2D eigenvalue weighted by Gasteiger charge is 2.36. The molecule has 3 fully saturated rings. The maximum Gasteiger partial charge on any atom is 0.223 e. The number of halogens is 3. The first-order valence-corrected chi connectivity index (χ1v) is 22.3. The van der Waals surface area contributed by atoms with E-state index in [2.05, 4.69) is 41.5 Å². The van der Waals surface area contributed by atoms with Gasteiger partial charge < -0.3 is 35.0 Å². The van der Waals surface area contributed by atoms with Gasteiger partial charge in [-0.25, -0.2) is 23.1 Å². The van der Waals surface area contributed by atoms with Crippen molar-refractivity contribution in [3.05, 3.63) is 59.0 Å². The molecule has 1 unspecified atom stereocenters. The molecule has 3 saturated heterocycles. The van der Waals surface area contributed by atoms with Gasteiger partial charge in [-0.1, -0.05) is 25.3 Å². The Balaban J connectivity index is 0.000000538. The van der Waals surface area contributed by atoms with E-state index in [1.54, 1.807) is 33.2 Å². The number of aliphatic imine (C=N–C) groups is 1. The van der Waals surface area contributed by atoms with Gasteiger partial charge in [-0.15, -0.1) is 0 Å². The number of nitrogens with one attached hydrogen (secondary N) is 2. The molecular formula is C45H63F3N10O4S. The van der Waals surface area contributed by atoms with Crippen LogP contribution in [0.3, 0.4) is 0 Å². The molecule has 3 aromatic rings. The maximum atomic E-state index is 15.2. The number of amides is 2. The highest BCUT2D eigenvalue weighted by Crippen LogP contribution is 2.38. The molecule has 2 N–H and O–H groups in total. The van der Waals surface area contributed by atoms with Crippen LogP contribution >= 0.6 is 11.9 Å². The van der Waals surface area contributed by atoms with E-state index in [0.717, 1.165) is 90.3 Å². The van der Waals surface area contributed by atoms with Gasteiger partial charge in [-0.3, -0.25) is 23.7 Å². The summed E-state index contributed by atoms with van der Waals surface area (Å²) in [6.45, 7) is 20.4. The van der Waals surface area contributed by atoms with E-state index in [0.29, 0.717) is 64.5 Å². The molecule has 0 aliphatic carbocycles. The standard InChI is InChI=1S/C36H45F3N8OS.C7H13NO2.C2H5NO/c1-6-47(22(2)3)33-13-25(12-30(38)35(33)40-5)34-31(39)15-41-36(43-34)42-27-7-9-46(10-8-27)49-28-19-44(20-28)16-24-17-45(18-24)32-14-26(21-48)23(4)11-29(32)37;1-3-4-7(5-9)8(2)6-10;1-3-2-4/h11-15,21-22,24,27-28H,5-10,16-20H2,1-4H3,(H,41,42,43);5-7H,3-4H2,1-2H3;2H,1H3,(H,3,4). The summed E-state index contributed by atoms with van der Waals surface area (Å²) in [6, 6.07) is 6.09. The Bertz CT molecular complexity index is 1990. The lowest BCUT2D eigenvalue weighted by Gasteiger charge is -2.48. The predicted octanol–water partition coefficient (Wildman–Crippen LogP) is 6.40. The molecule has 2 amide bonds. The quantitative estimate of drug-likeness (QED) is 0.0781. The van der Waals surface area contributed by atoms with E-state index < -0.39 is 11.6 Å². The van der Waals surface area contributed by atoms with Crippen molar-refractivity contribution in [2.45, 2.75) is 83.7 Å². The van der Waals surface area contributed by atoms with Crippen LogP contribution in [0, 0.1) is 30.3 Å². The van der Waals surface area contributed by atoms with Gasteiger partial charge in [-0.05, 0) is 83.5 Å². The molecule has 1 atom stereocenters. The lowest BCUT2D eigenvalue weighted by molar-refractivity contribution is -0.124. The van der Waals surface area contributed by atoms with Crippen molar-refractivity contribution >= 4 is 67.1 Å². The van der Waals surface area contributed by atoms with Crippen molar-refractivity contribution in [2.24, 2.45) is 10.9 Å². The van der Waals surface area contributed by atoms with Crippen LogP contribution < -0.4 is 20.4 Å². The lowest BCUT2D eigenvalue weighted by atomic mass is 9.96. The molecule has 344 valence electrons. The molecule has 0 radical (unpaired) electrons. The zero-order valence-corrected chi connectivity index (χ0v) is 38.3. The number of aryl methyl sites for hydroxylation is 1. The average molecular weight is 897 g/mol. The molecule has 6 rings (SSSR count). The summed E-state index contributed by atoms with van der Waals surface area (Å²) in [5, 5.41) is 6.19. The number of likely N-dealkylation sites (tertiary alicyclic amines) is 1. The molecule has 0 spiro atoms. The highest BCUT2D eigenvalue weighted by molar-refractivity contribution is 7.97. The second-order valence-electron chi connectivity index (χ2n) is 16.3. The SMILES string of the molecule is C=Nc1c(F)cc(-c2nc(NC3CCN(SC4CN(CC5CN(c6cc(C=O)c(C)cc6F)C5)C4)CC3)ncc2F)cc1N(CC)C(C)C.CCCC(C=O)N(C)C=O.CNC=O. The number of hydrogen-bond acceptors (Lipinski definition) is 13. The molecule has 63 heavy (non-hydrogen) atoms. The highest BCUT2D eigenvalue weighted by atomic mass is 32.2. The number of piperidine rings is 1. The summed E-state index contributed by atoms with van der Waals surface area (Å²) in [5.41, 5.74) is 2.79. The molecule has 18 heteroatoms. The van der Waals surface area contributed by atoms with E-state index >= 15 is 8.78 Å². The maximum absolute atomic E-state index is 15.2. The summed E-state index contributed by atoms with van der Waals surface area (Å²) in [4.78, 5) is 61.3. The smallest absolute Gasteiger partial charge is 0.223 e. The Morgan fingerprint density at radius 1 is 1.00 bits per heavy atom. The van der Waals surface area contributed by atoms with Gasteiger partial charge in [0.2, 0.25) is 18.8 Å². The number of hydrogen-bond donors (Lipinski definition) is 2. The number of anilines is 3.